The van der Waals surface area contributed by atoms with E-state index in [-0.39, 0.29) is 5.56 Å². The van der Waals surface area contributed by atoms with Gasteiger partial charge in [0, 0.05) is 0 Å². The van der Waals surface area contributed by atoms with Crippen molar-refractivity contribution in [3.05, 3.63) is 83.9 Å². The molecular formula is C21H16N2O3. The largest absolute Gasteiger partial charge is 0.478 e. The SMILES string of the molecule is Cc1ccccc1Oc1nn(-c2ccc(C(=O)O)cc2)c2ccccc12. The number of nitrogens with zero attached hydrogens (tertiary/aromatic N) is 2. The van der Waals surface area contributed by atoms with Gasteiger partial charge in [-0.15, -0.1) is 5.10 Å². The molecule has 1 heterocycles. The van der Waals surface area contributed by atoms with E-state index < -0.39 is 5.97 Å². The minimum atomic E-state index is -0.953. The van der Waals surface area contributed by atoms with Gasteiger partial charge in [0.25, 0.3) is 0 Å². The lowest BCUT2D eigenvalue weighted by atomic mass is 10.2. The van der Waals surface area contributed by atoms with Crippen molar-refractivity contribution in [2.24, 2.45) is 0 Å². The van der Waals surface area contributed by atoms with Gasteiger partial charge in [-0.25, -0.2) is 9.48 Å². The second kappa shape index (κ2) is 6.37. The second-order valence-corrected chi connectivity index (χ2v) is 5.95. The maximum absolute atomic E-state index is 11.1. The zero-order valence-electron chi connectivity index (χ0n) is 14.1. The number of fused-ring (bicyclic) bond motifs is 1. The van der Waals surface area contributed by atoms with Crippen LogP contribution in [0, 0.1) is 6.92 Å². The molecule has 0 saturated carbocycles. The fourth-order valence-corrected chi connectivity index (χ4v) is 2.83. The molecule has 0 aliphatic heterocycles. The third kappa shape index (κ3) is 2.80. The fourth-order valence-electron chi connectivity index (χ4n) is 2.83. The molecule has 0 radical (unpaired) electrons. The average Bonchev–Trinajstić information content (AvgIpc) is 3.02. The molecule has 0 aliphatic carbocycles. The Kier molecular flexibility index (Phi) is 3.89. The molecule has 0 spiro atoms. The third-order valence-electron chi connectivity index (χ3n) is 4.21. The average molecular weight is 344 g/mol. The number of benzene rings is 3. The van der Waals surface area contributed by atoms with Gasteiger partial charge < -0.3 is 9.84 Å². The molecule has 4 aromatic rings. The van der Waals surface area contributed by atoms with Crippen molar-refractivity contribution in [3.63, 3.8) is 0 Å². The van der Waals surface area contributed by atoms with Crippen LogP contribution in [0.2, 0.25) is 0 Å². The summed E-state index contributed by atoms with van der Waals surface area (Å²) in [6.45, 7) is 1.99. The van der Waals surface area contributed by atoms with Crippen LogP contribution in [0.25, 0.3) is 16.6 Å². The van der Waals surface area contributed by atoms with Crippen molar-refractivity contribution in [1.29, 1.82) is 0 Å². The van der Waals surface area contributed by atoms with Crippen LogP contribution in [0.4, 0.5) is 0 Å². The van der Waals surface area contributed by atoms with Gasteiger partial charge in [-0.3, -0.25) is 0 Å². The highest BCUT2D eigenvalue weighted by Gasteiger charge is 2.14. The van der Waals surface area contributed by atoms with Gasteiger partial charge in [-0.1, -0.05) is 30.3 Å². The molecule has 0 bridgehead atoms. The maximum Gasteiger partial charge on any atom is 0.335 e. The van der Waals surface area contributed by atoms with Gasteiger partial charge in [0.05, 0.1) is 22.2 Å². The molecule has 0 aliphatic rings. The van der Waals surface area contributed by atoms with E-state index in [1.54, 1.807) is 28.9 Å². The number of hydrogen-bond acceptors (Lipinski definition) is 3. The number of para-hydroxylation sites is 2. The van der Waals surface area contributed by atoms with Crippen molar-refractivity contribution in [2.75, 3.05) is 0 Å². The number of carboxylic acid groups (broad SMARTS) is 1. The van der Waals surface area contributed by atoms with Crippen LogP contribution in [-0.2, 0) is 0 Å². The standard InChI is InChI=1S/C21H16N2O3/c1-14-6-2-5-9-19(14)26-20-17-7-3-4-8-18(17)23(22-20)16-12-10-15(11-13-16)21(24)25/h2-13H,1H3,(H,24,25). The van der Waals surface area contributed by atoms with Gasteiger partial charge in [-0.2, -0.15) is 0 Å². The Morgan fingerprint density at radius 2 is 1.65 bits per heavy atom. The number of ether oxygens (including phenoxy) is 1. The summed E-state index contributed by atoms with van der Waals surface area (Å²) >= 11 is 0. The van der Waals surface area contributed by atoms with Crippen molar-refractivity contribution in [2.45, 2.75) is 6.92 Å². The quantitative estimate of drug-likeness (QED) is 0.576. The first-order chi connectivity index (χ1) is 12.6. The zero-order valence-corrected chi connectivity index (χ0v) is 14.1. The van der Waals surface area contributed by atoms with E-state index in [1.165, 1.54) is 0 Å². The van der Waals surface area contributed by atoms with Gasteiger partial charge in [-0.05, 0) is 55.0 Å². The lowest BCUT2D eigenvalue weighted by Crippen LogP contribution is -1.99. The van der Waals surface area contributed by atoms with E-state index in [9.17, 15) is 4.79 Å². The van der Waals surface area contributed by atoms with Gasteiger partial charge >= 0.3 is 5.97 Å². The molecule has 128 valence electrons. The van der Waals surface area contributed by atoms with E-state index in [0.29, 0.717) is 5.88 Å². The topological polar surface area (TPSA) is 64.4 Å². The van der Waals surface area contributed by atoms with Crippen LogP contribution in [-0.4, -0.2) is 20.9 Å². The predicted octanol–water partition coefficient (Wildman–Crippen LogP) is 4.82. The Bertz CT molecular complexity index is 1100. The Hall–Kier alpha value is -3.60. The number of aromatic nitrogens is 2. The Morgan fingerprint density at radius 1 is 0.962 bits per heavy atom. The highest BCUT2D eigenvalue weighted by molar-refractivity contribution is 5.88. The lowest BCUT2D eigenvalue weighted by molar-refractivity contribution is 0.0697. The van der Waals surface area contributed by atoms with E-state index >= 15 is 0 Å². The van der Waals surface area contributed by atoms with E-state index in [4.69, 9.17) is 9.84 Å². The normalized spacial score (nSPS) is 10.8. The number of aromatic carboxylic acids is 1. The van der Waals surface area contributed by atoms with Gasteiger partial charge in [0.15, 0.2) is 0 Å². The molecule has 5 nitrogen and oxygen atoms in total. The van der Waals surface area contributed by atoms with Gasteiger partial charge in [0.2, 0.25) is 5.88 Å². The summed E-state index contributed by atoms with van der Waals surface area (Å²) in [5.41, 5.74) is 2.92. The summed E-state index contributed by atoms with van der Waals surface area (Å²) in [6.07, 6.45) is 0. The number of aryl methyl sites for hydroxylation is 1. The summed E-state index contributed by atoms with van der Waals surface area (Å²) < 4.78 is 7.82. The third-order valence-corrected chi connectivity index (χ3v) is 4.21. The molecule has 3 aromatic carbocycles. The van der Waals surface area contributed by atoms with Crippen molar-refractivity contribution in [3.8, 4) is 17.3 Å². The second-order valence-electron chi connectivity index (χ2n) is 5.95. The first kappa shape index (κ1) is 15.9. The Balaban J connectivity index is 1.81. The minimum Gasteiger partial charge on any atom is -0.478 e. The van der Waals surface area contributed by atoms with Gasteiger partial charge in [0.1, 0.15) is 5.75 Å². The van der Waals surface area contributed by atoms with E-state index in [1.807, 2.05) is 55.5 Å². The summed E-state index contributed by atoms with van der Waals surface area (Å²) in [4.78, 5) is 11.1. The molecule has 1 N–H and O–H groups in total. The Morgan fingerprint density at radius 3 is 2.38 bits per heavy atom. The monoisotopic (exact) mass is 344 g/mol. The first-order valence-electron chi connectivity index (χ1n) is 8.18. The van der Waals surface area contributed by atoms with Crippen molar-refractivity contribution >= 4 is 16.9 Å². The summed E-state index contributed by atoms with van der Waals surface area (Å²) in [5.74, 6) is 0.312. The highest BCUT2D eigenvalue weighted by atomic mass is 16.5. The van der Waals surface area contributed by atoms with Crippen molar-refractivity contribution in [1.82, 2.24) is 9.78 Å². The minimum absolute atomic E-state index is 0.238. The van der Waals surface area contributed by atoms with Crippen LogP contribution in [0.1, 0.15) is 15.9 Å². The molecule has 0 atom stereocenters. The molecule has 4 rings (SSSR count). The Labute approximate surface area is 150 Å². The molecule has 1 aromatic heterocycles. The molecule has 5 heteroatoms. The zero-order chi connectivity index (χ0) is 18.1. The van der Waals surface area contributed by atoms with E-state index in [0.717, 1.165) is 27.9 Å². The van der Waals surface area contributed by atoms with E-state index in [2.05, 4.69) is 5.10 Å². The predicted molar refractivity (Wildman–Crippen MR) is 99.3 cm³/mol. The van der Waals surface area contributed by atoms with Crippen molar-refractivity contribution < 1.29 is 14.6 Å². The number of carboxylic acids is 1. The molecule has 0 unspecified atom stereocenters. The molecular weight excluding hydrogens is 328 g/mol. The summed E-state index contributed by atoms with van der Waals surface area (Å²) in [6, 6.07) is 22.2. The molecule has 0 amide bonds. The molecule has 0 fully saturated rings. The van der Waals surface area contributed by atoms with Crippen LogP contribution in [0.5, 0.6) is 11.6 Å². The highest BCUT2D eigenvalue weighted by Crippen LogP contribution is 2.32. The van der Waals surface area contributed by atoms with Crippen LogP contribution in [0.15, 0.2) is 72.8 Å². The summed E-state index contributed by atoms with van der Waals surface area (Å²) in [7, 11) is 0. The van der Waals surface area contributed by atoms with Crippen LogP contribution >= 0.6 is 0 Å². The van der Waals surface area contributed by atoms with Crippen LogP contribution in [0.3, 0.4) is 0 Å². The fraction of sp³-hybridized carbons (Fsp3) is 0.0476. The van der Waals surface area contributed by atoms with Crippen LogP contribution < -0.4 is 4.74 Å². The molecule has 0 saturated heterocycles. The molecule has 26 heavy (non-hydrogen) atoms. The lowest BCUT2D eigenvalue weighted by Gasteiger charge is -2.05. The summed E-state index contributed by atoms with van der Waals surface area (Å²) in [5, 5.41) is 14.6. The number of hydrogen-bond donors (Lipinski definition) is 1. The number of carbonyl (C=O) groups is 1. The number of rotatable bonds is 4. The maximum atomic E-state index is 11.1. The smallest absolute Gasteiger partial charge is 0.335 e. The first-order valence-corrected chi connectivity index (χ1v) is 8.18.